The zero-order chi connectivity index (χ0) is 15.2. The van der Waals surface area contributed by atoms with Crippen LogP contribution in [0.25, 0.3) is 0 Å². The van der Waals surface area contributed by atoms with Gasteiger partial charge in [0.2, 0.25) is 0 Å². The third kappa shape index (κ3) is 6.30. The monoisotopic (exact) mass is 291 g/mol. The Balaban J connectivity index is 0.000000399. The number of carboxylic acid groups (broad SMARTS) is 1. The van der Waals surface area contributed by atoms with Crippen molar-refractivity contribution in [2.75, 3.05) is 6.61 Å². The van der Waals surface area contributed by atoms with Gasteiger partial charge in [0.25, 0.3) is 10.1 Å². The number of aryl methyl sites for hydroxylation is 2. The van der Waals surface area contributed by atoms with Crippen LogP contribution in [0.1, 0.15) is 11.1 Å². The fourth-order valence-electron chi connectivity index (χ4n) is 1.17. The van der Waals surface area contributed by atoms with Crippen LogP contribution in [0, 0.1) is 13.8 Å². The van der Waals surface area contributed by atoms with Crippen molar-refractivity contribution in [2.45, 2.75) is 24.8 Å². The molecular formula is C11H17NO6S. The summed E-state index contributed by atoms with van der Waals surface area (Å²) in [5, 5.41) is 15.9. The Labute approximate surface area is 111 Å². The largest absolute Gasteiger partial charge is 0.480 e. The fraction of sp³-hybridized carbons (Fsp3) is 0.364. The SMILES string of the molecule is Cc1ccc(S(=O)(=O)O)c(C)c1.N[C@@H](CO)C(=O)O. The summed E-state index contributed by atoms with van der Waals surface area (Å²) >= 11 is 0. The van der Waals surface area contributed by atoms with Crippen LogP contribution in [-0.2, 0) is 14.9 Å². The van der Waals surface area contributed by atoms with E-state index in [0.717, 1.165) is 5.56 Å². The Kier molecular flexibility index (Phi) is 6.63. The molecule has 5 N–H and O–H groups in total. The molecule has 0 aliphatic carbocycles. The second-order valence-electron chi connectivity index (χ2n) is 3.87. The first kappa shape index (κ1) is 17.5. The van der Waals surface area contributed by atoms with Crippen molar-refractivity contribution in [1.82, 2.24) is 0 Å². The molecule has 8 heteroatoms. The highest BCUT2D eigenvalue weighted by molar-refractivity contribution is 7.85. The van der Waals surface area contributed by atoms with Crippen molar-refractivity contribution in [3.8, 4) is 0 Å². The lowest BCUT2D eigenvalue weighted by Gasteiger charge is -2.02. The summed E-state index contributed by atoms with van der Waals surface area (Å²) in [6.07, 6.45) is 0. The van der Waals surface area contributed by atoms with Gasteiger partial charge in [0.15, 0.2) is 0 Å². The normalized spacial score (nSPS) is 12.3. The van der Waals surface area contributed by atoms with Gasteiger partial charge in [-0.2, -0.15) is 8.42 Å². The molecule has 0 saturated carbocycles. The van der Waals surface area contributed by atoms with E-state index in [-0.39, 0.29) is 4.90 Å². The van der Waals surface area contributed by atoms with E-state index in [9.17, 15) is 13.2 Å². The van der Waals surface area contributed by atoms with Crippen LogP contribution in [0.4, 0.5) is 0 Å². The summed E-state index contributed by atoms with van der Waals surface area (Å²) < 4.78 is 30.2. The number of carbonyl (C=O) groups is 1. The van der Waals surface area contributed by atoms with E-state index in [4.69, 9.17) is 20.5 Å². The Morgan fingerprint density at radius 3 is 2.16 bits per heavy atom. The number of hydrogen-bond acceptors (Lipinski definition) is 5. The van der Waals surface area contributed by atoms with Gasteiger partial charge in [-0.15, -0.1) is 0 Å². The molecule has 0 fully saturated rings. The number of rotatable bonds is 3. The first-order valence-electron chi connectivity index (χ1n) is 5.23. The number of carboxylic acids is 1. The third-order valence-electron chi connectivity index (χ3n) is 2.12. The van der Waals surface area contributed by atoms with E-state index in [0.29, 0.717) is 5.56 Å². The quantitative estimate of drug-likeness (QED) is 0.572. The van der Waals surface area contributed by atoms with Gasteiger partial charge in [0.1, 0.15) is 6.04 Å². The topological polar surface area (TPSA) is 138 Å². The molecular weight excluding hydrogens is 274 g/mol. The van der Waals surface area contributed by atoms with E-state index in [1.807, 2.05) is 6.92 Å². The zero-order valence-electron chi connectivity index (χ0n) is 10.6. The number of nitrogens with two attached hydrogens (primary N) is 1. The Bertz CT molecular complexity index is 540. The molecule has 108 valence electrons. The average molecular weight is 291 g/mol. The van der Waals surface area contributed by atoms with Crippen LogP contribution in [0.2, 0.25) is 0 Å². The summed E-state index contributed by atoms with van der Waals surface area (Å²) in [6, 6.07) is 3.64. The number of aliphatic hydroxyl groups excluding tert-OH is 1. The highest BCUT2D eigenvalue weighted by Crippen LogP contribution is 2.15. The predicted molar refractivity (Wildman–Crippen MR) is 68.4 cm³/mol. The zero-order valence-corrected chi connectivity index (χ0v) is 11.4. The highest BCUT2D eigenvalue weighted by atomic mass is 32.2. The van der Waals surface area contributed by atoms with Gasteiger partial charge in [0.05, 0.1) is 11.5 Å². The summed E-state index contributed by atoms with van der Waals surface area (Å²) in [5.74, 6) is -1.18. The molecule has 0 aromatic heterocycles. The van der Waals surface area contributed by atoms with Crippen molar-refractivity contribution in [2.24, 2.45) is 5.73 Å². The molecule has 0 spiro atoms. The number of aliphatic carboxylic acids is 1. The van der Waals surface area contributed by atoms with Gasteiger partial charge >= 0.3 is 5.97 Å². The van der Waals surface area contributed by atoms with Gasteiger partial charge in [-0.1, -0.05) is 17.7 Å². The summed E-state index contributed by atoms with van der Waals surface area (Å²) in [7, 11) is -4.05. The first-order valence-corrected chi connectivity index (χ1v) is 6.67. The second kappa shape index (κ2) is 7.19. The van der Waals surface area contributed by atoms with Crippen LogP contribution in [0.3, 0.4) is 0 Å². The Morgan fingerprint density at radius 2 is 1.89 bits per heavy atom. The predicted octanol–water partition coefficient (Wildman–Crippen LogP) is -0.0593. The third-order valence-corrected chi connectivity index (χ3v) is 3.14. The minimum absolute atomic E-state index is 0.0203. The molecule has 0 radical (unpaired) electrons. The summed E-state index contributed by atoms with van der Waals surface area (Å²) in [5.41, 5.74) is 6.31. The average Bonchev–Trinajstić information content (AvgIpc) is 2.26. The van der Waals surface area contributed by atoms with Crippen molar-refractivity contribution in [3.05, 3.63) is 29.3 Å². The van der Waals surface area contributed by atoms with Crippen LogP contribution in [0.5, 0.6) is 0 Å². The van der Waals surface area contributed by atoms with Gasteiger partial charge in [-0.05, 0) is 25.5 Å². The smallest absolute Gasteiger partial charge is 0.322 e. The summed E-state index contributed by atoms with van der Waals surface area (Å²) in [6.45, 7) is 3.01. The number of benzene rings is 1. The molecule has 0 bridgehead atoms. The number of hydrogen-bond donors (Lipinski definition) is 4. The molecule has 0 aliphatic rings. The van der Waals surface area contributed by atoms with E-state index in [1.165, 1.54) is 6.07 Å². The maximum Gasteiger partial charge on any atom is 0.322 e. The molecule has 1 aromatic rings. The first-order chi connectivity index (χ1) is 8.59. The van der Waals surface area contributed by atoms with Crippen molar-refractivity contribution < 1.29 is 28.0 Å². The van der Waals surface area contributed by atoms with Gasteiger partial charge in [-0.25, -0.2) is 0 Å². The molecule has 0 saturated heterocycles. The lowest BCUT2D eigenvalue weighted by atomic mass is 10.2. The molecule has 19 heavy (non-hydrogen) atoms. The van der Waals surface area contributed by atoms with Crippen LogP contribution in [0.15, 0.2) is 23.1 Å². The molecule has 7 nitrogen and oxygen atoms in total. The van der Waals surface area contributed by atoms with E-state index < -0.39 is 28.7 Å². The molecule has 1 rings (SSSR count). The van der Waals surface area contributed by atoms with Gasteiger partial charge in [-0.3, -0.25) is 9.35 Å². The standard InChI is InChI=1S/C8H10O3S.C3H7NO3/c1-6-3-4-8(7(2)5-6)12(9,10)11;4-2(1-5)3(6)7/h3-5H,1-2H3,(H,9,10,11);2,5H,1,4H2,(H,6,7)/t;2-/m.0/s1. The molecule has 1 aromatic carbocycles. The molecule has 0 unspecified atom stereocenters. The minimum atomic E-state index is -4.05. The highest BCUT2D eigenvalue weighted by Gasteiger charge is 2.11. The van der Waals surface area contributed by atoms with Gasteiger partial charge in [0, 0.05) is 0 Å². The molecule has 0 heterocycles. The van der Waals surface area contributed by atoms with E-state index in [1.54, 1.807) is 19.1 Å². The maximum absolute atomic E-state index is 10.7. The fourth-order valence-corrected chi connectivity index (χ4v) is 1.87. The second-order valence-corrected chi connectivity index (χ2v) is 5.26. The Morgan fingerprint density at radius 1 is 1.37 bits per heavy atom. The van der Waals surface area contributed by atoms with Gasteiger partial charge < -0.3 is 15.9 Å². The van der Waals surface area contributed by atoms with Crippen molar-refractivity contribution >= 4 is 16.1 Å². The Hall–Kier alpha value is -1.48. The lowest BCUT2D eigenvalue weighted by molar-refractivity contribution is -0.139. The van der Waals surface area contributed by atoms with Crippen molar-refractivity contribution in [1.29, 1.82) is 0 Å². The van der Waals surface area contributed by atoms with E-state index in [2.05, 4.69) is 0 Å². The van der Waals surface area contributed by atoms with Crippen LogP contribution < -0.4 is 5.73 Å². The van der Waals surface area contributed by atoms with Crippen LogP contribution >= 0.6 is 0 Å². The summed E-state index contributed by atoms with van der Waals surface area (Å²) in [4.78, 5) is 9.63. The van der Waals surface area contributed by atoms with Crippen LogP contribution in [-0.4, -0.2) is 41.8 Å². The minimum Gasteiger partial charge on any atom is -0.480 e. The van der Waals surface area contributed by atoms with E-state index >= 15 is 0 Å². The lowest BCUT2D eigenvalue weighted by Crippen LogP contribution is -2.33. The molecule has 0 aliphatic heterocycles. The maximum atomic E-state index is 10.7. The molecule has 0 amide bonds. The van der Waals surface area contributed by atoms with Crippen molar-refractivity contribution in [3.63, 3.8) is 0 Å². The number of aliphatic hydroxyl groups is 1. The molecule has 1 atom stereocenters.